The van der Waals surface area contributed by atoms with Gasteiger partial charge in [0.05, 0.1) is 23.3 Å². The predicted octanol–water partition coefficient (Wildman–Crippen LogP) is 3.02. The summed E-state index contributed by atoms with van der Waals surface area (Å²) in [4.78, 5) is 12.5. The van der Waals surface area contributed by atoms with E-state index >= 15 is 0 Å². The average Bonchev–Trinajstić information content (AvgIpc) is 2.76. The highest BCUT2D eigenvalue weighted by atomic mass is 35.5. The molecule has 2 aromatic rings. The Hall–Kier alpha value is -2.31. The molecule has 0 radical (unpaired) electrons. The number of esters is 1. The molecular weight excluding hydrogens is 350 g/mol. The third-order valence-electron chi connectivity index (χ3n) is 3.84. The Balaban J connectivity index is 2.42. The third kappa shape index (κ3) is 2.48. The van der Waals surface area contributed by atoms with Gasteiger partial charge in [0.1, 0.15) is 0 Å². The van der Waals surface area contributed by atoms with Gasteiger partial charge >= 0.3 is 5.97 Å². The van der Waals surface area contributed by atoms with Crippen LogP contribution in [0.5, 0.6) is 0 Å². The minimum Gasteiger partial charge on any atom is -0.465 e. The molecule has 7 heteroatoms. The van der Waals surface area contributed by atoms with Gasteiger partial charge in [-0.15, -0.1) is 0 Å². The molecule has 0 bridgehead atoms. The van der Waals surface area contributed by atoms with E-state index in [0.717, 1.165) is 4.31 Å². The summed E-state index contributed by atoms with van der Waals surface area (Å²) < 4.78 is 31.3. The molecule has 0 atom stereocenters. The maximum Gasteiger partial charge on any atom is 0.340 e. The quantitative estimate of drug-likeness (QED) is 0.607. The van der Waals surface area contributed by atoms with Crippen molar-refractivity contribution in [2.24, 2.45) is 0 Å². The number of carbonyl (C=O) groups is 1. The molecule has 2 aromatic carbocycles. The first-order valence-corrected chi connectivity index (χ1v) is 8.86. The zero-order valence-electron chi connectivity index (χ0n) is 13.0. The van der Waals surface area contributed by atoms with Crippen molar-refractivity contribution >= 4 is 38.9 Å². The van der Waals surface area contributed by atoms with Crippen LogP contribution in [0.2, 0.25) is 5.02 Å². The van der Waals surface area contributed by atoms with Crippen LogP contribution in [0.4, 0.5) is 0 Å². The molecule has 0 unspecified atom stereocenters. The number of nitrogens with zero attached hydrogens (tertiary/aromatic N) is 1. The van der Waals surface area contributed by atoms with E-state index in [1.54, 1.807) is 30.3 Å². The predicted molar refractivity (Wildman–Crippen MR) is 91.7 cm³/mol. The number of carbonyl (C=O) groups excluding carboxylic acids is 1. The van der Waals surface area contributed by atoms with Crippen LogP contribution in [0, 0.1) is 0 Å². The molecule has 0 saturated carbocycles. The molecule has 0 fully saturated rings. The highest BCUT2D eigenvalue weighted by molar-refractivity contribution is 7.90. The molecule has 1 aliphatic rings. The highest BCUT2D eigenvalue weighted by Gasteiger charge is 2.39. The van der Waals surface area contributed by atoms with E-state index in [1.165, 1.54) is 26.3 Å². The summed E-state index contributed by atoms with van der Waals surface area (Å²) in [7, 11) is -1.07. The number of hydrogen-bond acceptors (Lipinski definition) is 4. The lowest BCUT2D eigenvalue weighted by atomic mass is 9.99. The molecule has 3 rings (SSSR count). The molecule has 24 heavy (non-hydrogen) atoms. The second-order valence-electron chi connectivity index (χ2n) is 5.19. The zero-order chi connectivity index (χ0) is 17.5. The van der Waals surface area contributed by atoms with E-state index in [9.17, 15) is 13.2 Å². The first-order valence-electron chi connectivity index (χ1n) is 7.05. The summed E-state index contributed by atoms with van der Waals surface area (Å²) >= 11 is 6.04. The topological polar surface area (TPSA) is 63.7 Å². The SMILES string of the molecule is COC(=O)/C(=C1\c2cc(Cl)ccc2S(=O)(=O)N1C)c1ccccc1. The van der Waals surface area contributed by atoms with Gasteiger partial charge in [0.25, 0.3) is 10.0 Å². The van der Waals surface area contributed by atoms with Crippen molar-refractivity contribution in [1.29, 1.82) is 0 Å². The largest absolute Gasteiger partial charge is 0.465 e. The molecular formula is C17H14ClNO4S. The first-order chi connectivity index (χ1) is 11.4. The number of benzene rings is 2. The number of methoxy groups -OCH3 is 1. The fourth-order valence-corrected chi connectivity index (χ4v) is 4.27. The van der Waals surface area contributed by atoms with Gasteiger partial charge in [-0.2, -0.15) is 0 Å². The van der Waals surface area contributed by atoms with Gasteiger partial charge in [-0.25, -0.2) is 13.2 Å². The summed E-state index contributed by atoms with van der Waals surface area (Å²) in [5, 5.41) is 0.383. The number of rotatable bonds is 2. The van der Waals surface area contributed by atoms with E-state index < -0.39 is 16.0 Å². The smallest absolute Gasteiger partial charge is 0.340 e. The van der Waals surface area contributed by atoms with E-state index in [1.807, 2.05) is 6.07 Å². The monoisotopic (exact) mass is 363 g/mol. The van der Waals surface area contributed by atoms with E-state index in [0.29, 0.717) is 16.1 Å². The third-order valence-corrected chi connectivity index (χ3v) is 5.89. The van der Waals surface area contributed by atoms with Crippen LogP contribution in [0.25, 0.3) is 11.3 Å². The van der Waals surface area contributed by atoms with Crippen molar-refractivity contribution in [3.63, 3.8) is 0 Å². The number of halogens is 1. The summed E-state index contributed by atoms with van der Waals surface area (Å²) in [5.41, 5.74) is 1.37. The van der Waals surface area contributed by atoms with Gasteiger partial charge in [-0.1, -0.05) is 41.9 Å². The lowest BCUT2D eigenvalue weighted by Crippen LogP contribution is -2.21. The van der Waals surface area contributed by atoms with Gasteiger partial charge in [0, 0.05) is 17.6 Å². The van der Waals surface area contributed by atoms with Gasteiger partial charge in [0.2, 0.25) is 0 Å². The molecule has 0 spiro atoms. The molecule has 1 aliphatic heterocycles. The minimum atomic E-state index is -3.74. The lowest BCUT2D eigenvalue weighted by Gasteiger charge is -2.17. The van der Waals surface area contributed by atoms with Crippen LogP contribution in [0.15, 0.2) is 53.4 Å². The van der Waals surface area contributed by atoms with Crippen molar-refractivity contribution < 1.29 is 17.9 Å². The molecule has 5 nitrogen and oxygen atoms in total. The van der Waals surface area contributed by atoms with Crippen molar-refractivity contribution in [1.82, 2.24) is 4.31 Å². The van der Waals surface area contributed by atoms with Gasteiger partial charge in [-0.3, -0.25) is 4.31 Å². The Bertz CT molecular complexity index is 952. The Morgan fingerprint density at radius 1 is 1.12 bits per heavy atom. The van der Waals surface area contributed by atoms with Crippen LogP contribution in [-0.4, -0.2) is 32.8 Å². The van der Waals surface area contributed by atoms with Crippen LogP contribution in [0.1, 0.15) is 11.1 Å². The van der Waals surface area contributed by atoms with Gasteiger partial charge in [-0.05, 0) is 23.8 Å². The molecule has 0 saturated heterocycles. The Morgan fingerprint density at radius 2 is 1.79 bits per heavy atom. The van der Waals surface area contributed by atoms with Crippen LogP contribution >= 0.6 is 11.6 Å². The van der Waals surface area contributed by atoms with Crippen molar-refractivity contribution in [3.05, 3.63) is 64.7 Å². The summed E-state index contributed by atoms with van der Waals surface area (Å²) in [6.07, 6.45) is 0. The summed E-state index contributed by atoms with van der Waals surface area (Å²) in [5.74, 6) is -0.619. The van der Waals surface area contributed by atoms with Crippen LogP contribution in [0.3, 0.4) is 0 Å². The van der Waals surface area contributed by atoms with Crippen molar-refractivity contribution in [3.8, 4) is 0 Å². The lowest BCUT2D eigenvalue weighted by molar-refractivity contribution is -0.133. The second-order valence-corrected chi connectivity index (χ2v) is 7.57. The minimum absolute atomic E-state index is 0.113. The number of hydrogen-bond donors (Lipinski definition) is 0. The molecule has 0 N–H and O–H groups in total. The summed E-state index contributed by atoms with van der Waals surface area (Å²) in [6, 6.07) is 13.3. The zero-order valence-corrected chi connectivity index (χ0v) is 14.6. The molecule has 0 aromatic heterocycles. The normalized spacial score (nSPS) is 17.4. The van der Waals surface area contributed by atoms with Gasteiger partial charge in [0.15, 0.2) is 0 Å². The Kier molecular flexibility index (Phi) is 4.11. The maximum atomic E-state index is 12.6. The average molecular weight is 364 g/mol. The standard InChI is InChI=1S/C17H14ClNO4S/c1-19-16(13-10-12(18)8-9-14(13)24(19,21)22)15(17(20)23-2)11-6-4-3-5-7-11/h3-10H,1-2H3/b16-15+. The molecule has 1 heterocycles. The molecule has 124 valence electrons. The number of fused-ring (bicyclic) bond motifs is 1. The molecule has 0 amide bonds. The molecule has 0 aliphatic carbocycles. The van der Waals surface area contributed by atoms with E-state index in [4.69, 9.17) is 16.3 Å². The summed E-state index contributed by atoms with van der Waals surface area (Å²) in [6.45, 7) is 0. The van der Waals surface area contributed by atoms with Crippen LogP contribution in [-0.2, 0) is 19.6 Å². The van der Waals surface area contributed by atoms with Crippen LogP contribution < -0.4 is 0 Å². The fourth-order valence-electron chi connectivity index (χ4n) is 2.70. The van der Waals surface area contributed by atoms with Crippen molar-refractivity contribution in [2.45, 2.75) is 4.90 Å². The second kappa shape index (κ2) is 5.96. The van der Waals surface area contributed by atoms with Crippen molar-refractivity contribution in [2.75, 3.05) is 14.2 Å². The number of ether oxygens (including phenoxy) is 1. The Labute approximate surface area is 145 Å². The Morgan fingerprint density at radius 3 is 2.42 bits per heavy atom. The number of sulfonamides is 1. The van der Waals surface area contributed by atoms with E-state index in [2.05, 4.69) is 0 Å². The van der Waals surface area contributed by atoms with Gasteiger partial charge < -0.3 is 4.74 Å². The fraction of sp³-hybridized carbons (Fsp3) is 0.118. The van der Waals surface area contributed by atoms with E-state index in [-0.39, 0.29) is 16.2 Å². The first kappa shape index (κ1) is 16.5. The highest BCUT2D eigenvalue weighted by Crippen LogP contribution is 2.43. The maximum absolute atomic E-state index is 12.6.